The topological polar surface area (TPSA) is 44.4 Å². The third kappa shape index (κ3) is 4.32. The van der Waals surface area contributed by atoms with Gasteiger partial charge in [0.15, 0.2) is 11.6 Å². The summed E-state index contributed by atoms with van der Waals surface area (Å²) >= 11 is 0. The van der Waals surface area contributed by atoms with E-state index in [-0.39, 0.29) is 11.4 Å². The second kappa shape index (κ2) is 7.42. The van der Waals surface area contributed by atoms with Crippen molar-refractivity contribution in [3.05, 3.63) is 23.8 Å². The predicted octanol–water partition coefficient (Wildman–Crippen LogP) is 3.73. The van der Waals surface area contributed by atoms with E-state index in [9.17, 15) is 13.6 Å². The summed E-state index contributed by atoms with van der Waals surface area (Å²) in [4.78, 5) is 13.4. The van der Waals surface area contributed by atoms with Crippen molar-refractivity contribution in [2.24, 2.45) is 5.92 Å². The number of benzene rings is 1. The Balaban J connectivity index is 1.99. The lowest BCUT2D eigenvalue weighted by molar-refractivity contribution is 0.251. The fourth-order valence-corrected chi connectivity index (χ4v) is 2.53. The van der Waals surface area contributed by atoms with E-state index in [4.69, 9.17) is 0 Å². The zero-order valence-electron chi connectivity index (χ0n) is 13.1. The van der Waals surface area contributed by atoms with Gasteiger partial charge < -0.3 is 15.5 Å². The first-order valence-electron chi connectivity index (χ1n) is 7.76. The van der Waals surface area contributed by atoms with Gasteiger partial charge in [0.2, 0.25) is 0 Å². The first-order chi connectivity index (χ1) is 10.5. The van der Waals surface area contributed by atoms with Gasteiger partial charge in [-0.2, -0.15) is 0 Å². The molecule has 1 aromatic carbocycles. The molecule has 0 bridgehead atoms. The van der Waals surface area contributed by atoms with Gasteiger partial charge >= 0.3 is 6.03 Å². The largest absolute Gasteiger partial charge is 0.367 e. The van der Waals surface area contributed by atoms with Crippen LogP contribution in [0.25, 0.3) is 0 Å². The summed E-state index contributed by atoms with van der Waals surface area (Å²) in [7, 11) is 0. The molecule has 1 fully saturated rings. The van der Waals surface area contributed by atoms with Crippen LogP contribution in [0.15, 0.2) is 12.1 Å². The normalized spacial score (nSPS) is 14.5. The third-order valence-corrected chi connectivity index (χ3v) is 3.70. The minimum Gasteiger partial charge on any atom is -0.367 e. The maximum Gasteiger partial charge on any atom is 0.319 e. The molecule has 0 aromatic heterocycles. The van der Waals surface area contributed by atoms with Crippen molar-refractivity contribution in [2.75, 3.05) is 29.9 Å². The number of nitrogens with zero attached hydrogens (tertiary/aromatic N) is 1. The van der Waals surface area contributed by atoms with E-state index >= 15 is 0 Å². The molecule has 6 heteroatoms. The Morgan fingerprint density at radius 3 is 2.36 bits per heavy atom. The lowest BCUT2D eigenvalue weighted by Gasteiger charge is -2.20. The van der Waals surface area contributed by atoms with Gasteiger partial charge in [0.25, 0.3) is 0 Å². The quantitative estimate of drug-likeness (QED) is 0.870. The Labute approximate surface area is 129 Å². The van der Waals surface area contributed by atoms with Gasteiger partial charge in [-0.3, -0.25) is 0 Å². The molecule has 2 amide bonds. The SMILES string of the molecule is CC(C)CCNC(=O)Nc1cc(F)c(N2CCCC2)c(F)c1. The fourth-order valence-electron chi connectivity index (χ4n) is 2.53. The van der Waals surface area contributed by atoms with E-state index in [1.807, 2.05) is 0 Å². The van der Waals surface area contributed by atoms with Crippen LogP contribution in [-0.2, 0) is 0 Å². The lowest BCUT2D eigenvalue weighted by Crippen LogP contribution is -2.30. The Hall–Kier alpha value is -1.85. The van der Waals surface area contributed by atoms with Crippen molar-refractivity contribution in [3.8, 4) is 0 Å². The molecule has 1 aliphatic heterocycles. The summed E-state index contributed by atoms with van der Waals surface area (Å²) < 4.78 is 28.2. The van der Waals surface area contributed by atoms with Gasteiger partial charge in [-0.15, -0.1) is 0 Å². The number of halogens is 2. The molecule has 1 aromatic rings. The Morgan fingerprint density at radius 1 is 1.23 bits per heavy atom. The van der Waals surface area contributed by atoms with Crippen LogP contribution in [0.1, 0.15) is 33.1 Å². The molecular weight excluding hydrogens is 288 g/mol. The number of urea groups is 1. The van der Waals surface area contributed by atoms with Gasteiger partial charge in [-0.25, -0.2) is 13.6 Å². The van der Waals surface area contributed by atoms with Crippen molar-refractivity contribution in [2.45, 2.75) is 33.1 Å². The molecule has 2 rings (SSSR count). The van der Waals surface area contributed by atoms with Crippen LogP contribution in [0.5, 0.6) is 0 Å². The van der Waals surface area contributed by atoms with Gasteiger partial charge in [0.05, 0.1) is 0 Å². The van der Waals surface area contributed by atoms with Gasteiger partial charge in [0, 0.05) is 25.3 Å². The highest BCUT2D eigenvalue weighted by Crippen LogP contribution is 2.29. The molecule has 0 radical (unpaired) electrons. The van der Waals surface area contributed by atoms with Crippen LogP contribution in [0.3, 0.4) is 0 Å². The summed E-state index contributed by atoms with van der Waals surface area (Å²) in [5, 5.41) is 5.13. The van der Waals surface area contributed by atoms with E-state index in [0.717, 1.165) is 19.3 Å². The number of amides is 2. The minimum atomic E-state index is -0.639. The van der Waals surface area contributed by atoms with E-state index in [1.165, 1.54) is 12.1 Å². The van der Waals surface area contributed by atoms with Crippen molar-refractivity contribution in [1.82, 2.24) is 5.32 Å². The molecule has 22 heavy (non-hydrogen) atoms. The van der Waals surface area contributed by atoms with Crippen molar-refractivity contribution >= 4 is 17.4 Å². The summed E-state index contributed by atoms with van der Waals surface area (Å²) in [5.41, 5.74) is 0.128. The van der Waals surface area contributed by atoms with E-state index in [2.05, 4.69) is 24.5 Å². The van der Waals surface area contributed by atoms with Crippen molar-refractivity contribution in [3.63, 3.8) is 0 Å². The summed E-state index contributed by atoms with van der Waals surface area (Å²) in [5.74, 6) is -0.798. The third-order valence-electron chi connectivity index (χ3n) is 3.70. The van der Waals surface area contributed by atoms with Crippen LogP contribution < -0.4 is 15.5 Å². The standard InChI is InChI=1S/C16H23F2N3O/c1-11(2)5-6-19-16(22)20-12-9-13(17)15(14(18)10-12)21-7-3-4-8-21/h9-11H,3-8H2,1-2H3,(H2,19,20,22). The van der Waals surface area contributed by atoms with Gasteiger partial charge in [0.1, 0.15) is 5.69 Å². The molecule has 0 spiro atoms. The summed E-state index contributed by atoms with van der Waals surface area (Å²) in [6.45, 7) is 5.97. The molecule has 1 heterocycles. The first kappa shape index (κ1) is 16.5. The number of anilines is 2. The number of rotatable bonds is 5. The highest BCUT2D eigenvalue weighted by molar-refractivity contribution is 5.89. The van der Waals surface area contributed by atoms with Crippen LogP contribution in [0.4, 0.5) is 25.0 Å². The molecular formula is C16H23F2N3O. The predicted molar refractivity (Wildman–Crippen MR) is 84.3 cm³/mol. The zero-order valence-corrected chi connectivity index (χ0v) is 13.1. The highest BCUT2D eigenvalue weighted by Gasteiger charge is 2.21. The number of hydrogen-bond acceptors (Lipinski definition) is 2. The average Bonchev–Trinajstić information content (AvgIpc) is 2.91. The molecule has 1 aliphatic rings. The second-order valence-electron chi connectivity index (χ2n) is 6.05. The Bertz CT molecular complexity index is 505. The molecule has 122 valence electrons. The summed E-state index contributed by atoms with van der Waals surface area (Å²) in [6.07, 6.45) is 2.73. The maximum atomic E-state index is 14.1. The molecule has 0 unspecified atom stereocenters. The highest BCUT2D eigenvalue weighted by atomic mass is 19.1. The first-order valence-corrected chi connectivity index (χ1v) is 7.76. The zero-order chi connectivity index (χ0) is 16.1. The molecule has 0 atom stereocenters. The monoisotopic (exact) mass is 311 g/mol. The molecule has 4 nitrogen and oxygen atoms in total. The second-order valence-corrected chi connectivity index (χ2v) is 6.05. The van der Waals surface area contributed by atoms with E-state index in [1.54, 1.807) is 4.90 Å². The Kier molecular flexibility index (Phi) is 5.57. The van der Waals surface area contributed by atoms with Crippen LogP contribution in [-0.4, -0.2) is 25.7 Å². The Morgan fingerprint density at radius 2 is 1.82 bits per heavy atom. The molecule has 1 saturated heterocycles. The maximum absolute atomic E-state index is 14.1. The smallest absolute Gasteiger partial charge is 0.319 e. The molecule has 2 N–H and O–H groups in total. The van der Waals surface area contributed by atoms with Crippen LogP contribution in [0.2, 0.25) is 0 Å². The molecule has 0 aliphatic carbocycles. The number of carbonyl (C=O) groups excluding carboxylic acids is 1. The summed E-state index contributed by atoms with van der Waals surface area (Å²) in [6, 6.07) is 1.88. The average molecular weight is 311 g/mol. The van der Waals surface area contributed by atoms with Gasteiger partial charge in [-0.1, -0.05) is 13.8 Å². The van der Waals surface area contributed by atoms with Crippen LogP contribution >= 0.6 is 0 Å². The van der Waals surface area contributed by atoms with Gasteiger partial charge in [-0.05, 0) is 37.3 Å². The van der Waals surface area contributed by atoms with Crippen molar-refractivity contribution in [1.29, 1.82) is 0 Å². The van der Waals surface area contributed by atoms with E-state index in [0.29, 0.717) is 25.6 Å². The number of hydrogen-bond donors (Lipinski definition) is 2. The molecule has 0 saturated carbocycles. The van der Waals surface area contributed by atoms with Crippen molar-refractivity contribution < 1.29 is 13.6 Å². The number of nitrogens with one attached hydrogen (secondary N) is 2. The number of carbonyl (C=O) groups is 1. The van der Waals surface area contributed by atoms with E-state index < -0.39 is 17.7 Å². The fraction of sp³-hybridized carbons (Fsp3) is 0.562. The minimum absolute atomic E-state index is 0.00302. The van der Waals surface area contributed by atoms with Crippen LogP contribution in [0, 0.1) is 17.6 Å². The lowest BCUT2D eigenvalue weighted by atomic mass is 10.1.